The summed E-state index contributed by atoms with van der Waals surface area (Å²) in [6, 6.07) is 30.3. The molecule has 34 heavy (non-hydrogen) atoms. The summed E-state index contributed by atoms with van der Waals surface area (Å²) in [6.07, 6.45) is 1.78. The van der Waals surface area contributed by atoms with Crippen LogP contribution in [0.4, 0.5) is 0 Å². The molecule has 174 valence electrons. The molecule has 0 fully saturated rings. The van der Waals surface area contributed by atoms with Gasteiger partial charge >= 0.3 is 5.97 Å². The molecule has 0 unspecified atom stereocenters. The average Bonchev–Trinajstić information content (AvgIpc) is 2.86. The van der Waals surface area contributed by atoms with Crippen molar-refractivity contribution in [2.45, 2.75) is 24.9 Å². The summed E-state index contributed by atoms with van der Waals surface area (Å²) in [4.78, 5) is 11.5. The lowest BCUT2D eigenvalue weighted by Gasteiger charge is -2.33. The molecule has 5 rings (SSSR count). The van der Waals surface area contributed by atoms with Gasteiger partial charge < -0.3 is 15.2 Å². The van der Waals surface area contributed by atoms with E-state index in [0.29, 0.717) is 5.56 Å². The highest BCUT2D eigenvalue weighted by Gasteiger charge is 2.29. The number of ether oxygens (including phenoxy) is 1. The van der Waals surface area contributed by atoms with E-state index in [4.69, 9.17) is 4.74 Å². The third-order valence-electron chi connectivity index (χ3n) is 6.45. The summed E-state index contributed by atoms with van der Waals surface area (Å²) in [5.41, 5.74) is 3.80. The molecule has 4 aromatic rings. The van der Waals surface area contributed by atoms with E-state index in [2.05, 4.69) is 53.8 Å². The lowest BCUT2D eigenvalue weighted by molar-refractivity contribution is 0.0696. The summed E-state index contributed by atoms with van der Waals surface area (Å²) in [6.45, 7) is 1.61. The van der Waals surface area contributed by atoms with Crippen molar-refractivity contribution in [2.24, 2.45) is 0 Å². The molecule has 5 heteroatoms. The number of rotatable bonds is 7. The zero-order valence-corrected chi connectivity index (χ0v) is 19.6. The fourth-order valence-corrected chi connectivity index (χ4v) is 4.82. The van der Waals surface area contributed by atoms with Crippen LogP contribution >= 0.6 is 12.4 Å². The lowest BCUT2D eigenvalue weighted by Crippen LogP contribution is -2.36. The first kappa shape index (κ1) is 23.8. The van der Waals surface area contributed by atoms with Crippen LogP contribution in [0.25, 0.3) is 10.8 Å². The largest absolute Gasteiger partial charge is 0.489 e. The number of carbonyl (C=O) groups is 1. The molecule has 0 bridgehead atoms. The maximum Gasteiger partial charge on any atom is 0.335 e. The van der Waals surface area contributed by atoms with Crippen LogP contribution in [0, 0.1) is 0 Å². The molecule has 0 aliphatic carbocycles. The van der Waals surface area contributed by atoms with Gasteiger partial charge in [-0.25, -0.2) is 4.79 Å². The Bertz CT molecular complexity index is 1280. The fourth-order valence-electron chi connectivity index (χ4n) is 4.82. The maximum absolute atomic E-state index is 11.5. The number of aromatic carboxylic acids is 1. The third kappa shape index (κ3) is 5.09. The molecule has 1 aliphatic heterocycles. The lowest BCUT2D eigenvalue weighted by atomic mass is 9.83. The summed E-state index contributed by atoms with van der Waals surface area (Å²) in [5.74, 6) is 0.0956. The van der Waals surface area contributed by atoms with Gasteiger partial charge in [0, 0.05) is 18.0 Å². The van der Waals surface area contributed by atoms with E-state index in [1.165, 1.54) is 16.3 Å². The minimum atomic E-state index is -0.899. The minimum Gasteiger partial charge on any atom is -0.489 e. The minimum absolute atomic E-state index is 0. The summed E-state index contributed by atoms with van der Waals surface area (Å²) in [5, 5.41) is 15.6. The number of para-hydroxylation sites is 1. The highest BCUT2D eigenvalue weighted by Crippen LogP contribution is 2.40. The molecule has 4 aromatic carbocycles. The first-order valence-electron chi connectivity index (χ1n) is 11.5. The number of hydrogen-bond donors (Lipinski definition) is 2. The van der Waals surface area contributed by atoms with Crippen molar-refractivity contribution in [1.82, 2.24) is 5.32 Å². The Labute approximate surface area is 206 Å². The van der Waals surface area contributed by atoms with Gasteiger partial charge in [0.05, 0.1) is 5.56 Å². The number of carboxylic acid groups (broad SMARTS) is 1. The third-order valence-corrected chi connectivity index (χ3v) is 6.45. The number of nitrogens with one attached hydrogen (secondary N) is 1. The first-order chi connectivity index (χ1) is 16.2. The Morgan fingerprint density at radius 3 is 2.59 bits per heavy atom. The monoisotopic (exact) mass is 473 g/mol. The molecule has 2 N–H and O–H groups in total. The van der Waals surface area contributed by atoms with Crippen LogP contribution in [0.2, 0.25) is 0 Å². The summed E-state index contributed by atoms with van der Waals surface area (Å²) < 4.78 is 6.31. The normalized spacial score (nSPS) is 16.8. The van der Waals surface area contributed by atoms with Gasteiger partial charge in [0.2, 0.25) is 0 Å². The van der Waals surface area contributed by atoms with Crippen molar-refractivity contribution in [1.29, 1.82) is 0 Å². The number of fused-ring (bicyclic) bond motifs is 2. The number of carboxylic acids is 1. The van der Waals surface area contributed by atoms with Crippen molar-refractivity contribution >= 4 is 29.1 Å². The van der Waals surface area contributed by atoms with Crippen molar-refractivity contribution < 1.29 is 14.6 Å². The molecule has 0 radical (unpaired) electrons. The topological polar surface area (TPSA) is 58.6 Å². The molecule has 0 spiro atoms. The predicted octanol–water partition coefficient (Wildman–Crippen LogP) is 6.08. The number of benzene rings is 4. The Morgan fingerprint density at radius 2 is 1.71 bits per heavy atom. The van der Waals surface area contributed by atoms with Gasteiger partial charge in [-0.3, -0.25) is 0 Å². The first-order valence-corrected chi connectivity index (χ1v) is 11.5. The van der Waals surface area contributed by atoms with Crippen LogP contribution in [0.5, 0.6) is 5.75 Å². The number of hydrogen-bond acceptors (Lipinski definition) is 3. The van der Waals surface area contributed by atoms with Gasteiger partial charge in [-0.15, -0.1) is 12.4 Å². The second-order valence-corrected chi connectivity index (χ2v) is 8.59. The summed E-state index contributed by atoms with van der Waals surface area (Å²) in [7, 11) is 0. The second-order valence-electron chi connectivity index (χ2n) is 8.59. The van der Waals surface area contributed by atoms with Crippen molar-refractivity contribution in [3.8, 4) is 5.75 Å². The van der Waals surface area contributed by atoms with E-state index in [-0.39, 0.29) is 24.4 Å². The molecule has 0 saturated carbocycles. The van der Waals surface area contributed by atoms with Crippen molar-refractivity contribution in [3.63, 3.8) is 0 Å². The smallest absolute Gasteiger partial charge is 0.335 e. The van der Waals surface area contributed by atoms with E-state index in [1.54, 1.807) is 12.1 Å². The second kappa shape index (κ2) is 10.7. The van der Waals surface area contributed by atoms with E-state index < -0.39 is 5.97 Å². The van der Waals surface area contributed by atoms with Crippen LogP contribution in [0.3, 0.4) is 0 Å². The predicted molar refractivity (Wildman–Crippen MR) is 138 cm³/mol. The van der Waals surface area contributed by atoms with Gasteiger partial charge in [-0.05, 0) is 59.5 Å². The molecule has 0 aromatic heterocycles. The molecular formula is C29H28ClNO3. The Hall–Kier alpha value is -3.34. The van der Waals surface area contributed by atoms with Crippen LogP contribution in [-0.2, 0) is 6.42 Å². The molecule has 0 amide bonds. The highest BCUT2D eigenvalue weighted by atomic mass is 35.5. The van der Waals surface area contributed by atoms with Gasteiger partial charge in [0.25, 0.3) is 0 Å². The SMILES string of the molecule is Cl.O=C(O)c1cccc([C@H]2C[C@@H](CNCCc3cccc4ccccc34)Oc3ccccc32)c1. The molecular weight excluding hydrogens is 446 g/mol. The zero-order chi connectivity index (χ0) is 22.6. The van der Waals surface area contributed by atoms with Gasteiger partial charge in [0.15, 0.2) is 0 Å². The van der Waals surface area contributed by atoms with Gasteiger partial charge in [0.1, 0.15) is 11.9 Å². The number of halogens is 1. The molecule has 4 nitrogen and oxygen atoms in total. The Morgan fingerprint density at radius 1 is 0.941 bits per heavy atom. The van der Waals surface area contributed by atoms with Crippen molar-refractivity contribution in [3.05, 3.63) is 113 Å². The average molecular weight is 474 g/mol. The van der Waals surface area contributed by atoms with E-state index >= 15 is 0 Å². The van der Waals surface area contributed by atoms with Crippen LogP contribution in [0.15, 0.2) is 91.0 Å². The van der Waals surface area contributed by atoms with E-state index in [0.717, 1.165) is 42.8 Å². The standard InChI is InChI=1S/C29H27NO3.ClH/c31-29(32)23-11-6-10-22(17-23)27-18-24(33-28-14-4-3-13-26(27)28)19-30-16-15-21-9-5-8-20-7-1-2-12-25(20)21;/h1-14,17,24,27,30H,15-16,18-19H2,(H,31,32);1H/t24-,27+;/m0./s1. The highest BCUT2D eigenvalue weighted by molar-refractivity contribution is 5.88. The Balaban J connectivity index is 0.00000274. The van der Waals surface area contributed by atoms with E-state index in [1.807, 2.05) is 30.3 Å². The molecule has 1 heterocycles. The van der Waals surface area contributed by atoms with E-state index in [9.17, 15) is 9.90 Å². The summed E-state index contributed by atoms with van der Waals surface area (Å²) >= 11 is 0. The molecule has 0 saturated heterocycles. The van der Waals surface area contributed by atoms with Gasteiger partial charge in [-0.2, -0.15) is 0 Å². The zero-order valence-electron chi connectivity index (χ0n) is 18.8. The molecule has 2 atom stereocenters. The Kier molecular flexibility index (Phi) is 7.51. The van der Waals surface area contributed by atoms with Crippen LogP contribution in [0.1, 0.15) is 39.4 Å². The fraction of sp³-hybridized carbons (Fsp3) is 0.207. The maximum atomic E-state index is 11.5. The van der Waals surface area contributed by atoms with Crippen LogP contribution < -0.4 is 10.1 Å². The molecule has 1 aliphatic rings. The quantitative estimate of drug-likeness (QED) is 0.319. The van der Waals surface area contributed by atoms with Crippen molar-refractivity contribution in [2.75, 3.05) is 13.1 Å². The van der Waals surface area contributed by atoms with Crippen LogP contribution in [-0.4, -0.2) is 30.3 Å². The van der Waals surface area contributed by atoms with Gasteiger partial charge in [-0.1, -0.05) is 72.8 Å².